The third kappa shape index (κ3) is 3.97. The van der Waals surface area contributed by atoms with Gasteiger partial charge >= 0.3 is 11.9 Å². The van der Waals surface area contributed by atoms with E-state index in [0.29, 0.717) is 5.69 Å². The zero-order valence-electron chi connectivity index (χ0n) is 12.9. The Bertz CT molecular complexity index is 735. The van der Waals surface area contributed by atoms with Crippen molar-refractivity contribution in [3.05, 3.63) is 42.1 Å². The Hall–Kier alpha value is -2.56. The first-order valence-corrected chi connectivity index (χ1v) is 6.97. The van der Waals surface area contributed by atoms with Crippen LogP contribution in [0.25, 0.3) is 17.0 Å². The SMILES string of the molecule is CC(C)(C)OC(=O)Cn1c(C=CC(=O)O)cc2ccccc21. The maximum absolute atomic E-state index is 12.1. The molecule has 0 radical (unpaired) electrons. The molecule has 0 atom stereocenters. The molecule has 0 aliphatic rings. The molecule has 2 rings (SSSR count). The number of carboxylic acid groups (broad SMARTS) is 1. The molecular formula is C17H19NO4. The molecule has 2 aromatic rings. The number of para-hydroxylation sites is 1. The number of rotatable bonds is 4. The number of ether oxygens (including phenoxy) is 1. The van der Waals surface area contributed by atoms with E-state index in [0.717, 1.165) is 17.0 Å². The van der Waals surface area contributed by atoms with Crippen LogP contribution in [0.15, 0.2) is 36.4 Å². The van der Waals surface area contributed by atoms with E-state index in [1.165, 1.54) is 6.08 Å². The molecule has 0 spiro atoms. The lowest BCUT2D eigenvalue weighted by molar-refractivity contribution is -0.155. The minimum absolute atomic E-state index is 0.0318. The van der Waals surface area contributed by atoms with Crippen LogP contribution in [0.2, 0.25) is 0 Å². The summed E-state index contributed by atoms with van der Waals surface area (Å²) in [5.41, 5.74) is 0.949. The monoisotopic (exact) mass is 301 g/mol. The van der Waals surface area contributed by atoms with E-state index in [1.807, 2.05) is 51.1 Å². The zero-order chi connectivity index (χ0) is 16.3. The standard InChI is InChI=1S/C17H19NO4/c1-17(2,3)22-16(21)11-18-13(8-9-15(19)20)10-12-6-4-5-7-14(12)18/h4-10H,11H2,1-3H3,(H,19,20). The summed E-state index contributed by atoms with van der Waals surface area (Å²) in [5.74, 6) is -1.40. The fraction of sp³-hybridized carbons (Fsp3) is 0.294. The van der Waals surface area contributed by atoms with Crippen molar-refractivity contribution < 1.29 is 19.4 Å². The smallest absolute Gasteiger partial charge is 0.328 e. The highest BCUT2D eigenvalue weighted by Gasteiger charge is 2.18. The number of fused-ring (bicyclic) bond motifs is 1. The lowest BCUT2D eigenvalue weighted by Crippen LogP contribution is -2.26. The lowest BCUT2D eigenvalue weighted by Gasteiger charge is -2.20. The quantitative estimate of drug-likeness (QED) is 0.696. The van der Waals surface area contributed by atoms with Gasteiger partial charge in [-0.2, -0.15) is 0 Å². The number of hydrogen-bond acceptors (Lipinski definition) is 3. The maximum atomic E-state index is 12.1. The molecule has 1 aromatic carbocycles. The first-order valence-electron chi connectivity index (χ1n) is 6.97. The number of carbonyl (C=O) groups excluding carboxylic acids is 1. The van der Waals surface area contributed by atoms with Gasteiger partial charge in [0.25, 0.3) is 0 Å². The molecule has 0 fully saturated rings. The molecule has 0 saturated heterocycles. The summed E-state index contributed by atoms with van der Waals surface area (Å²) in [6.07, 6.45) is 2.53. The Morgan fingerprint density at radius 2 is 1.95 bits per heavy atom. The van der Waals surface area contributed by atoms with Gasteiger partial charge in [-0.3, -0.25) is 4.79 Å². The molecule has 5 nitrogen and oxygen atoms in total. The molecule has 0 bridgehead atoms. The van der Waals surface area contributed by atoms with Gasteiger partial charge in [-0.05, 0) is 39.0 Å². The van der Waals surface area contributed by atoms with Gasteiger partial charge in [0.15, 0.2) is 0 Å². The highest BCUT2D eigenvalue weighted by molar-refractivity contribution is 5.89. The van der Waals surface area contributed by atoms with Crippen LogP contribution in [0.1, 0.15) is 26.5 Å². The predicted octanol–water partition coefficient (Wildman–Crippen LogP) is 3.08. The van der Waals surface area contributed by atoms with Gasteiger partial charge in [-0.25, -0.2) is 4.79 Å². The van der Waals surface area contributed by atoms with Crippen LogP contribution in [-0.4, -0.2) is 27.2 Å². The summed E-state index contributed by atoms with van der Waals surface area (Å²) in [6, 6.07) is 9.42. The van der Waals surface area contributed by atoms with Crippen molar-refractivity contribution in [3.63, 3.8) is 0 Å². The molecule has 1 aromatic heterocycles. The average Bonchev–Trinajstić information content (AvgIpc) is 2.72. The normalized spacial score (nSPS) is 12.0. The van der Waals surface area contributed by atoms with Gasteiger partial charge in [0.2, 0.25) is 0 Å². The fourth-order valence-corrected chi connectivity index (χ4v) is 2.21. The van der Waals surface area contributed by atoms with Crippen molar-refractivity contribution in [1.82, 2.24) is 4.57 Å². The van der Waals surface area contributed by atoms with Crippen molar-refractivity contribution in [2.24, 2.45) is 0 Å². The van der Waals surface area contributed by atoms with Crippen molar-refractivity contribution >= 4 is 28.9 Å². The molecule has 5 heteroatoms. The van der Waals surface area contributed by atoms with Crippen LogP contribution in [0.4, 0.5) is 0 Å². The third-order valence-corrected chi connectivity index (χ3v) is 2.95. The largest absolute Gasteiger partial charge is 0.478 e. The van der Waals surface area contributed by atoms with Crippen LogP contribution in [0.5, 0.6) is 0 Å². The predicted molar refractivity (Wildman–Crippen MR) is 84.5 cm³/mol. The van der Waals surface area contributed by atoms with Crippen molar-refractivity contribution in [2.75, 3.05) is 0 Å². The highest BCUT2D eigenvalue weighted by Crippen LogP contribution is 2.21. The van der Waals surface area contributed by atoms with Crippen LogP contribution in [0, 0.1) is 0 Å². The van der Waals surface area contributed by atoms with E-state index in [2.05, 4.69) is 0 Å². The Kier molecular flexibility index (Phi) is 4.35. The van der Waals surface area contributed by atoms with E-state index in [-0.39, 0.29) is 12.5 Å². The Morgan fingerprint density at radius 1 is 1.27 bits per heavy atom. The third-order valence-electron chi connectivity index (χ3n) is 2.95. The number of esters is 1. The molecule has 0 unspecified atom stereocenters. The van der Waals surface area contributed by atoms with Gasteiger partial charge in [-0.1, -0.05) is 18.2 Å². The minimum atomic E-state index is -1.03. The minimum Gasteiger partial charge on any atom is -0.478 e. The van der Waals surface area contributed by atoms with Crippen molar-refractivity contribution in [3.8, 4) is 0 Å². The molecule has 116 valence electrons. The zero-order valence-corrected chi connectivity index (χ0v) is 12.9. The Balaban J connectivity index is 2.39. The number of carboxylic acids is 1. The van der Waals surface area contributed by atoms with Gasteiger partial charge in [0.1, 0.15) is 12.1 Å². The molecular weight excluding hydrogens is 282 g/mol. The summed E-state index contributed by atoms with van der Waals surface area (Å²) in [5, 5.41) is 9.73. The fourth-order valence-electron chi connectivity index (χ4n) is 2.21. The van der Waals surface area contributed by atoms with E-state index in [4.69, 9.17) is 9.84 Å². The average molecular weight is 301 g/mol. The number of carbonyl (C=O) groups is 2. The summed E-state index contributed by atoms with van der Waals surface area (Å²) in [6.45, 7) is 5.46. The molecule has 1 N–H and O–H groups in total. The number of aromatic nitrogens is 1. The van der Waals surface area contributed by atoms with Gasteiger partial charge in [0, 0.05) is 22.7 Å². The molecule has 0 amide bonds. The Labute approximate surface area is 128 Å². The molecule has 0 saturated carbocycles. The number of benzene rings is 1. The molecule has 1 heterocycles. The number of nitrogens with zero attached hydrogens (tertiary/aromatic N) is 1. The van der Waals surface area contributed by atoms with E-state index in [9.17, 15) is 9.59 Å². The van der Waals surface area contributed by atoms with Crippen molar-refractivity contribution in [1.29, 1.82) is 0 Å². The van der Waals surface area contributed by atoms with Crippen LogP contribution >= 0.6 is 0 Å². The maximum Gasteiger partial charge on any atom is 0.328 e. The van der Waals surface area contributed by atoms with Gasteiger partial charge < -0.3 is 14.4 Å². The van der Waals surface area contributed by atoms with Crippen LogP contribution in [-0.2, 0) is 20.9 Å². The molecule has 0 aliphatic heterocycles. The first-order chi connectivity index (χ1) is 10.3. The van der Waals surface area contributed by atoms with Crippen molar-refractivity contribution in [2.45, 2.75) is 32.9 Å². The van der Waals surface area contributed by atoms with E-state index < -0.39 is 11.6 Å². The number of hydrogen-bond donors (Lipinski definition) is 1. The number of aliphatic carboxylic acids is 1. The second-order valence-corrected chi connectivity index (χ2v) is 5.97. The first kappa shape index (κ1) is 15.8. The topological polar surface area (TPSA) is 68.5 Å². The summed E-state index contributed by atoms with van der Waals surface area (Å²) in [4.78, 5) is 22.8. The summed E-state index contributed by atoms with van der Waals surface area (Å²) >= 11 is 0. The van der Waals surface area contributed by atoms with E-state index >= 15 is 0 Å². The molecule has 0 aliphatic carbocycles. The van der Waals surface area contributed by atoms with Gasteiger partial charge in [-0.15, -0.1) is 0 Å². The summed E-state index contributed by atoms with van der Waals surface area (Å²) in [7, 11) is 0. The Morgan fingerprint density at radius 3 is 2.59 bits per heavy atom. The van der Waals surface area contributed by atoms with Crippen LogP contribution in [0.3, 0.4) is 0 Å². The van der Waals surface area contributed by atoms with E-state index in [1.54, 1.807) is 4.57 Å². The second kappa shape index (κ2) is 6.05. The summed E-state index contributed by atoms with van der Waals surface area (Å²) < 4.78 is 7.09. The van der Waals surface area contributed by atoms with Gasteiger partial charge in [0.05, 0.1) is 0 Å². The second-order valence-electron chi connectivity index (χ2n) is 5.97. The highest BCUT2D eigenvalue weighted by atomic mass is 16.6. The lowest BCUT2D eigenvalue weighted by atomic mass is 10.2. The van der Waals surface area contributed by atoms with Crippen LogP contribution < -0.4 is 0 Å². The molecule has 22 heavy (non-hydrogen) atoms.